The van der Waals surface area contributed by atoms with Gasteiger partial charge in [-0.25, -0.2) is 0 Å². The molecule has 0 saturated heterocycles. The van der Waals surface area contributed by atoms with Gasteiger partial charge in [-0.05, 0) is 110 Å². The molecule has 0 amide bonds. The molecule has 0 radical (unpaired) electrons. The van der Waals surface area contributed by atoms with Gasteiger partial charge < -0.3 is 18.9 Å². The SMILES string of the molecule is COCCCCCCC1(CCCCCCOC)c2ccccc2-c2cc(C)ccc21.COCCCCCCC1(CCCCCCOC)c2ccccc2-c2ccc(C)cc21. The van der Waals surface area contributed by atoms with E-state index in [9.17, 15) is 0 Å². The van der Waals surface area contributed by atoms with Gasteiger partial charge >= 0.3 is 0 Å². The van der Waals surface area contributed by atoms with Gasteiger partial charge in [-0.15, -0.1) is 0 Å². The Balaban J connectivity index is 0.000000228. The monoisotopic (exact) mass is 817 g/mol. The molecule has 4 aromatic carbocycles. The smallest absolute Gasteiger partial charge is 0.0462 e. The Labute approximate surface area is 366 Å². The van der Waals surface area contributed by atoms with Crippen molar-refractivity contribution in [3.8, 4) is 22.3 Å². The van der Waals surface area contributed by atoms with Crippen molar-refractivity contribution < 1.29 is 18.9 Å². The highest BCUT2D eigenvalue weighted by molar-refractivity contribution is 5.82. The maximum Gasteiger partial charge on any atom is 0.0462 e. The minimum atomic E-state index is 0.181. The van der Waals surface area contributed by atoms with E-state index in [1.807, 2.05) is 0 Å². The van der Waals surface area contributed by atoms with Crippen molar-refractivity contribution in [2.24, 2.45) is 0 Å². The summed E-state index contributed by atoms with van der Waals surface area (Å²) < 4.78 is 20.9. The Kier molecular flexibility index (Phi) is 20.4. The van der Waals surface area contributed by atoms with E-state index in [1.54, 1.807) is 50.7 Å². The third kappa shape index (κ3) is 12.4. The van der Waals surface area contributed by atoms with Gasteiger partial charge in [0.25, 0.3) is 0 Å². The summed E-state index contributed by atoms with van der Waals surface area (Å²) in [5, 5.41) is 0. The van der Waals surface area contributed by atoms with E-state index >= 15 is 0 Å². The number of aryl methyl sites for hydroxylation is 2. The van der Waals surface area contributed by atoms with Gasteiger partial charge in [0.2, 0.25) is 0 Å². The van der Waals surface area contributed by atoms with Crippen LogP contribution in [0.1, 0.15) is 162 Å². The first-order valence-electron chi connectivity index (χ1n) is 23.8. The maximum absolute atomic E-state index is 5.23. The molecule has 2 aliphatic carbocycles. The molecule has 4 aromatic rings. The fourth-order valence-electron chi connectivity index (χ4n) is 10.6. The highest BCUT2D eigenvalue weighted by atomic mass is 16.5. The quantitative estimate of drug-likeness (QED) is 0.0535. The van der Waals surface area contributed by atoms with Gasteiger partial charge in [-0.1, -0.05) is 173 Å². The number of methoxy groups -OCH3 is 4. The molecule has 2 aliphatic rings. The molecule has 0 unspecified atom stereocenters. The Hall–Kier alpha value is -3.28. The molecule has 0 spiro atoms. The van der Waals surface area contributed by atoms with Crippen molar-refractivity contribution >= 4 is 0 Å². The molecule has 6 rings (SSSR count). The predicted octanol–water partition coefficient (Wildman–Crippen LogP) is 14.9. The van der Waals surface area contributed by atoms with E-state index in [0.717, 1.165) is 26.4 Å². The number of ether oxygens (including phenoxy) is 4. The summed E-state index contributed by atoms with van der Waals surface area (Å²) in [6.07, 6.45) is 25.1. The van der Waals surface area contributed by atoms with Crippen LogP contribution in [0.25, 0.3) is 22.3 Å². The molecule has 60 heavy (non-hydrogen) atoms. The maximum atomic E-state index is 5.23. The van der Waals surface area contributed by atoms with Crippen LogP contribution in [0, 0.1) is 13.8 Å². The largest absolute Gasteiger partial charge is 0.385 e. The number of hydrogen-bond acceptors (Lipinski definition) is 4. The third-order valence-corrected chi connectivity index (χ3v) is 13.7. The molecule has 328 valence electrons. The van der Waals surface area contributed by atoms with E-state index < -0.39 is 0 Å². The molecule has 0 heterocycles. The Morgan fingerprint density at radius 1 is 0.317 bits per heavy atom. The molecule has 0 bridgehead atoms. The van der Waals surface area contributed by atoms with Gasteiger partial charge in [0.15, 0.2) is 0 Å². The first kappa shape index (κ1) is 47.8. The first-order chi connectivity index (χ1) is 29.5. The molecule has 0 aromatic heterocycles. The van der Waals surface area contributed by atoms with Crippen LogP contribution in [-0.2, 0) is 29.8 Å². The van der Waals surface area contributed by atoms with Gasteiger partial charge in [-0.3, -0.25) is 0 Å². The lowest BCUT2D eigenvalue weighted by Crippen LogP contribution is -2.25. The lowest BCUT2D eigenvalue weighted by atomic mass is 9.70. The van der Waals surface area contributed by atoms with E-state index in [-0.39, 0.29) is 10.8 Å². The molecular weight excluding hydrogens is 737 g/mol. The predicted molar refractivity (Wildman–Crippen MR) is 255 cm³/mol. The van der Waals surface area contributed by atoms with E-state index in [1.165, 1.54) is 162 Å². The van der Waals surface area contributed by atoms with Crippen molar-refractivity contribution in [1.29, 1.82) is 0 Å². The number of hydrogen-bond donors (Lipinski definition) is 0. The number of fused-ring (bicyclic) bond motifs is 6. The summed E-state index contributed by atoms with van der Waals surface area (Å²) in [6, 6.07) is 32.6. The minimum absolute atomic E-state index is 0.181. The zero-order chi connectivity index (χ0) is 42.5. The summed E-state index contributed by atoms with van der Waals surface area (Å²) in [6.45, 7) is 8.00. The van der Waals surface area contributed by atoms with E-state index in [2.05, 4.69) is 98.8 Å². The van der Waals surface area contributed by atoms with Gasteiger partial charge in [0, 0.05) is 65.7 Å². The van der Waals surface area contributed by atoms with Gasteiger partial charge in [0.1, 0.15) is 0 Å². The van der Waals surface area contributed by atoms with Crippen LogP contribution in [0.15, 0.2) is 84.9 Å². The molecule has 4 nitrogen and oxygen atoms in total. The molecule has 0 N–H and O–H groups in total. The zero-order valence-corrected chi connectivity index (χ0v) is 38.7. The second-order valence-electron chi connectivity index (χ2n) is 18.0. The zero-order valence-electron chi connectivity index (χ0n) is 38.7. The van der Waals surface area contributed by atoms with Crippen LogP contribution in [0.4, 0.5) is 0 Å². The second kappa shape index (κ2) is 25.6. The number of rotatable bonds is 28. The van der Waals surface area contributed by atoms with Crippen molar-refractivity contribution in [2.75, 3.05) is 54.9 Å². The first-order valence-corrected chi connectivity index (χ1v) is 23.8. The Morgan fingerprint density at radius 3 is 1.10 bits per heavy atom. The minimum Gasteiger partial charge on any atom is -0.385 e. The van der Waals surface area contributed by atoms with Crippen LogP contribution < -0.4 is 0 Å². The van der Waals surface area contributed by atoms with Gasteiger partial charge in [-0.2, -0.15) is 0 Å². The molecule has 0 saturated carbocycles. The van der Waals surface area contributed by atoms with Crippen molar-refractivity contribution in [1.82, 2.24) is 0 Å². The molecular formula is C56H80O4. The summed E-state index contributed by atoms with van der Waals surface area (Å²) in [5.74, 6) is 0. The molecule has 4 heteroatoms. The summed E-state index contributed by atoms with van der Waals surface area (Å²) >= 11 is 0. The van der Waals surface area contributed by atoms with E-state index in [0.29, 0.717) is 0 Å². The summed E-state index contributed by atoms with van der Waals surface area (Å²) in [4.78, 5) is 0. The third-order valence-electron chi connectivity index (χ3n) is 13.7. The normalized spacial score (nSPS) is 14.0. The lowest BCUT2D eigenvalue weighted by Gasteiger charge is -2.33. The topological polar surface area (TPSA) is 36.9 Å². The number of unbranched alkanes of at least 4 members (excludes halogenated alkanes) is 12. The highest BCUT2D eigenvalue weighted by Crippen LogP contribution is 2.55. The van der Waals surface area contributed by atoms with Gasteiger partial charge in [0.05, 0.1) is 0 Å². The van der Waals surface area contributed by atoms with Crippen molar-refractivity contribution in [2.45, 2.75) is 153 Å². The lowest BCUT2D eigenvalue weighted by molar-refractivity contribution is 0.191. The van der Waals surface area contributed by atoms with Crippen molar-refractivity contribution in [3.63, 3.8) is 0 Å². The van der Waals surface area contributed by atoms with Crippen LogP contribution in [-0.4, -0.2) is 54.9 Å². The van der Waals surface area contributed by atoms with Crippen LogP contribution in [0.3, 0.4) is 0 Å². The molecule has 0 aliphatic heterocycles. The summed E-state index contributed by atoms with van der Waals surface area (Å²) in [5.41, 5.74) is 15.3. The molecule has 0 fully saturated rings. The highest BCUT2D eigenvalue weighted by Gasteiger charge is 2.43. The Morgan fingerprint density at radius 2 is 0.650 bits per heavy atom. The van der Waals surface area contributed by atoms with E-state index in [4.69, 9.17) is 18.9 Å². The number of benzene rings is 4. The van der Waals surface area contributed by atoms with Crippen LogP contribution in [0.5, 0.6) is 0 Å². The standard InChI is InChI=1S/2C28H40O2/c1-23-16-17-27-25(22-23)24-14-8-9-15-26(24)28(27,18-10-4-6-12-20-29-2)19-11-5-7-13-21-30-3;1-23-16-17-25-24-14-8-9-15-26(24)28(27(25)22-23,18-10-4-6-12-20-29-2)19-11-5-7-13-21-30-3/h2*8-9,14-17,22H,4-7,10-13,18-21H2,1-3H3. The second-order valence-corrected chi connectivity index (χ2v) is 18.0. The fourth-order valence-corrected chi connectivity index (χ4v) is 10.6. The van der Waals surface area contributed by atoms with Crippen LogP contribution >= 0.6 is 0 Å². The molecule has 0 atom stereocenters. The Bertz CT molecular complexity index is 1790. The summed E-state index contributed by atoms with van der Waals surface area (Å²) in [7, 11) is 7.21. The van der Waals surface area contributed by atoms with Crippen molar-refractivity contribution in [3.05, 3.63) is 118 Å². The van der Waals surface area contributed by atoms with Crippen LogP contribution in [0.2, 0.25) is 0 Å². The average molecular weight is 817 g/mol. The average Bonchev–Trinajstić information content (AvgIpc) is 3.69. The fraction of sp³-hybridized carbons (Fsp3) is 0.571.